The van der Waals surface area contributed by atoms with Gasteiger partial charge in [0.05, 0.1) is 0 Å². The molecule has 0 aromatic carbocycles. The van der Waals surface area contributed by atoms with Crippen LogP contribution in [0.25, 0.3) is 0 Å². The van der Waals surface area contributed by atoms with Crippen LogP contribution in [-0.2, 0) is 4.79 Å². The summed E-state index contributed by atoms with van der Waals surface area (Å²) in [7, 11) is 0. The third-order valence-corrected chi connectivity index (χ3v) is 4.50. The fourth-order valence-electron chi connectivity index (χ4n) is 2.50. The van der Waals surface area contributed by atoms with Gasteiger partial charge in [0.2, 0.25) is 5.91 Å². The molecule has 0 aromatic rings. The van der Waals surface area contributed by atoms with Gasteiger partial charge in [-0.25, -0.2) is 0 Å². The fourth-order valence-corrected chi connectivity index (χ4v) is 2.50. The van der Waals surface area contributed by atoms with Gasteiger partial charge in [0, 0.05) is 19.6 Å². The summed E-state index contributed by atoms with van der Waals surface area (Å²) in [6.07, 6.45) is 7.22. The summed E-state index contributed by atoms with van der Waals surface area (Å²) in [5.74, 6) is 0.824. The van der Waals surface area contributed by atoms with Gasteiger partial charge in [-0.3, -0.25) is 4.79 Å². The van der Waals surface area contributed by atoms with Crippen LogP contribution in [0.2, 0.25) is 0 Å². The Morgan fingerprint density at radius 2 is 2.00 bits per heavy atom. The molecule has 0 aromatic heterocycles. The van der Waals surface area contributed by atoms with Crippen LogP contribution in [-0.4, -0.2) is 24.2 Å². The summed E-state index contributed by atoms with van der Waals surface area (Å²) in [5, 5.41) is 12.2. The van der Waals surface area contributed by atoms with Gasteiger partial charge in [0.15, 0.2) is 0 Å². The molecule has 1 amide bonds. The molecule has 0 bridgehead atoms. The summed E-state index contributed by atoms with van der Waals surface area (Å²) < 4.78 is 0. The van der Waals surface area contributed by atoms with E-state index in [9.17, 15) is 4.79 Å². The minimum atomic E-state index is 0.0873. The van der Waals surface area contributed by atoms with E-state index >= 15 is 0 Å². The van der Waals surface area contributed by atoms with Gasteiger partial charge < -0.3 is 10.4 Å². The van der Waals surface area contributed by atoms with Gasteiger partial charge >= 0.3 is 0 Å². The Bertz CT molecular complexity index is 232. The number of carbonyl (C=O) groups excluding carboxylic acids is 1. The van der Waals surface area contributed by atoms with Crippen molar-refractivity contribution in [2.45, 2.75) is 58.8 Å². The topological polar surface area (TPSA) is 49.3 Å². The Morgan fingerprint density at radius 3 is 2.41 bits per heavy atom. The molecule has 1 aliphatic carbocycles. The van der Waals surface area contributed by atoms with Gasteiger partial charge in [-0.2, -0.15) is 0 Å². The predicted octanol–water partition coefficient (Wildman–Crippen LogP) is 2.48. The predicted molar refractivity (Wildman–Crippen MR) is 69.7 cm³/mol. The summed E-state index contributed by atoms with van der Waals surface area (Å²) in [4.78, 5) is 11.8. The van der Waals surface area contributed by atoms with Crippen molar-refractivity contribution < 1.29 is 9.90 Å². The lowest BCUT2D eigenvalue weighted by Gasteiger charge is -2.32. The van der Waals surface area contributed by atoms with Gasteiger partial charge in [0.1, 0.15) is 0 Å². The molecule has 0 atom stereocenters. The first-order chi connectivity index (χ1) is 8.15. The van der Waals surface area contributed by atoms with Crippen molar-refractivity contribution in [1.29, 1.82) is 0 Å². The van der Waals surface area contributed by atoms with Crippen LogP contribution in [0.15, 0.2) is 0 Å². The van der Waals surface area contributed by atoms with Crippen LogP contribution in [0.5, 0.6) is 0 Å². The first kappa shape index (κ1) is 14.5. The molecule has 1 saturated carbocycles. The van der Waals surface area contributed by atoms with E-state index in [0.29, 0.717) is 18.9 Å². The third kappa shape index (κ3) is 4.30. The lowest BCUT2D eigenvalue weighted by Crippen LogP contribution is -2.38. The highest BCUT2D eigenvalue weighted by molar-refractivity contribution is 5.76. The monoisotopic (exact) mass is 241 g/mol. The van der Waals surface area contributed by atoms with Crippen molar-refractivity contribution in [3.63, 3.8) is 0 Å². The van der Waals surface area contributed by atoms with E-state index in [-0.39, 0.29) is 17.9 Å². The maximum absolute atomic E-state index is 11.8. The summed E-state index contributed by atoms with van der Waals surface area (Å²) in [5.41, 5.74) is 0.0873. The summed E-state index contributed by atoms with van der Waals surface area (Å²) in [6, 6.07) is 0. The molecule has 3 nitrogen and oxygen atoms in total. The Hall–Kier alpha value is -0.570. The molecule has 1 rings (SSSR count). The maximum atomic E-state index is 11.8. The number of aliphatic hydroxyl groups excluding tert-OH is 1. The van der Waals surface area contributed by atoms with E-state index in [2.05, 4.69) is 19.2 Å². The van der Waals surface area contributed by atoms with E-state index in [1.54, 1.807) is 0 Å². The number of rotatable bonds is 8. The van der Waals surface area contributed by atoms with Crippen molar-refractivity contribution in [3.05, 3.63) is 0 Å². The molecule has 0 heterocycles. The van der Waals surface area contributed by atoms with Crippen molar-refractivity contribution >= 4 is 5.91 Å². The Balaban J connectivity index is 2.31. The van der Waals surface area contributed by atoms with E-state index in [0.717, 1.165) is 19.3 Å². The molecule has 0 radical (unpaired) electrons. The van der Waals surface area contributed by atoms with Crippen LogP contribution in [0.4, 0.5) is 0 Å². The first-order valence-corrected chi connectivity index (χ1v) is 7.03. The van der Waals surface area contributed by atoms with Crippen molar-refractivity contribution in [2.24, 2.45) is 11.3 Å². The van der Waals surface area contributed by atoms with Crippen LogP contribution in [0.1, 0.15) is 58.8 Å². The summed E-state index contributed by atoms with van der Waals surface area (Å²) >= 11 is 0. The Kier molecular flexibility index (Phi) is 5.96. The van der Waals surface area contributed by atoms with Crippen LogP contribution >= 0.6 is 0 Å². The average Bonchev–Trinajstić information content (AvgIpc) is 2.29. The zero-order chi connectivity index (χ0) is 12.7. The fraction of sp³-hybridized carbons (Fsp3) is 0.929. The zero-order valence-corrected chi connectivity index (χ0v) is 11.3. The molecule has 100 valence electrons. The molecular formula is C14H27NO2. The first-order valence-electron chi connectivity index (χ1n) is 7.03. The second kappa shape index (κ2) is 7.00. The number of carbonyl (C=O) groups is 1. The van der Waals surface area contributed by atoms with E-state index < -0.39 is 0 Å². The van der Waals surface area contributed by atoms with Crippen molar-refractivity contribution in [1.82, 2.24) is 5.32 Å². The van der Waals surface area contributed by atoms with Crippen LogP contribution < -0.4 is 5.32 Å². The summed E-state index contributed by atoms with van der Waals surface area (Å²) in [6.45, 7) is 5.20. The normalized spacial score (nSPS) is 16.6. The average molecular weight is 241 g/mol. The number of hydrogen-bond donors (Lipinski definition) is 2. The second-order valence-electron chi connectivity index (χ2n) is 5.46. The molecule has 1 fully saturated rings. The SMILES string of the molecule is CCC(CC)(CCO)CNC(=O)CC1CCC1. The number of aliphatic hydroxyl groups is 1. The molecule has 0 spiro atoms. The quantitative estimate of drug-likeness (QED) is 0.686. The second-order valence-corrected chi connectivity index (χ2v) is 5.46. The van der Waals surface area contributed by atoms with Crippen LogP contribution in [0, 0.1) is 11.3 Å². The molecule has 2 N–H and O–H groups in total. The van der Waals surface area contributed by atoms with Gasteiger partial charge in [0.25, 0.3) is 0 Å². The molecule has 0 saturated heterocycles. The molecule has 0 unspecified atom stereocenters. The molecule has 1 aliphatic rings. The van der Waals surface area contributed by atoms with Crippen molar-refractivity contribution in [3.8, 4) is 0 Å². The smallest absolute Gasteiger partial charge is 0.220 e. The molecule has 0 aliphatic heterocycles. The maximum Gasteiger partial charge on any atom is 0.220 e. The molecule has 3 heteroatoms. The van der Waals surface area contributed by atoms with Gasteiger partial charge in [-0.15, -0.1) is 0 Å². The highest BCUT2D eigenvalue weighted by atomic mass is 16.3. The lowest BCUT2D eigenvalue weighted by molar-refractivity contribution is -0.123. The Morgan fingerprint density at radius 1 is 1.35 bits per heavy atom. The third-order valence-electron chi connectivity index (χ3n) is 4.50. The van der Waals surface area contributed by atoms with Gasteiger partial charge in [-0.05, 0) is 43.4 Å². The minimum Gasteiger partial charge on any atom is -0.396 e. The number of hydrogen-bond acceptors (Lipinski definition) is 2. The highest BCUT2D eigenvalue weighted by Crippen LogP contribution is 2.31. The molecule has 17 heavy (non-hydrogen) atoms. The van der Waals surface area contributed by atoms with E-state index in [4.69, 9.17) is 5.11 Å². The minimum absolute atomic E-state index is 0.0873. The van der Waals surface area contributed by atoms with Gasteiger partial charge in [-0.1, -0.05) is 20.3 Å². The largest absolute Gasteiger partial charge is 0.396 e. The lowest BCUT2D eigenvalue weighted by atomic mass is 9.79. The van der Waals surface area contributed by atoms with Crippen molar-refractivity contribution in [2.75, 3.05) is 13.2 Å². The number of amides is 1. The molecular weight excluding hydrogens is 214 g/mol. The van der Waals surface area contributed by atoms with E-state index in [1.165, 1.54) is 19.3 Å². The Labute approximate surface area is 105 Å². The highest BCUT2D eigenvalue weighted by Gasteiger charge is 2.27. The standard InChI is InChI=1S/C14H27NO2/c1-3-14(4-2,8-9-16)11-15-13(17)10-12-6-5-7-12/h12,16H,3-11H2,1-2H3,(H,15,17). The van der Waals surface area contributed by atoms with E-state index in [1.807, 2.05) is 0 Å². The number of nitrogens with one attached hydrogen (secondary N) is 1. The van der Waals surface area contributed by atoms with Crippen LogP contribution in [0.3, 0.4) is 0 Å². The zero-order valence-electron chi connectivity index (χ0n) is 11.3.